The molecule has 0 aliphatic carbocycles. The number of anilines is 1. The van der Waals surface area contributed by atoms with Crippen molar-refractivity contribution in [3.8, 4) is 0 Å². The van der Waals surface area contributed by atoms with Crippen LogP contribution in [0.25, 0.3) is 0 Å². The zero-order chi connectivity index (χ0) is 15.3. The van der Waals surface area contributed by atoms with Gasteiger partial charge in [-0.2, -0.15) is 0 Å². The number of nitrogens with one attached hydrogen (secondary N) is 2. The zero-order valence-electron chi connectivity index (χ0n) is 11.8. The van der Waals surface area contributed by atoms with Gasteiger partial charge in [0.25, 0.3) is 11.6 Å². The largest absolute Gasteiger partial charge is 0.349 e. The number of nitrogens with zero attached hydrogens (tertiary/aromatic N) is 1. The molecule has 1 amide bonds. The summed E-state index contributed by atoms with van der Waals surface area (Å²) in [5, 5.41) is 13.7. The highest BCUT2D eigenvalue weighted by Crippen LogP contribution is 2.27. The summed E-state index contributed by atoms with van der Waals surface area (Å²) in [5.74, 6) is 5.24. The molecule has 0 fully saturated rings. The second-order valence-electron chi connectivity index (χ2n) is 4.75. The van der Waals surface area contributed by atoms with E-state index >= 15 is 0 Å². The fraction of sp³-hybridized carbons (Fsp3) is 0.462. The molecule has 2 atom stereocenters. The number of nitrogens with two attached hydrogens (primary N) is 1. The topological polar surface area (TPSA) is 110 Å². The molecule has 4 N–H and O–H groups in total. The first-order valence-corrected chi connectivity index (χ1v) is 6.47. The molecule has 0 aromatic heterocycles. The third kappa shape index (κ3) is 3.45. The summed E-state index contributed by atoms with van der Waals surface area (Å²) in [5.41, 5.74) is 2.20. The quantitative estimate of drug-likeness (QED) is 0.419. The molecule has 0 aliphatic rings. The lowest BCUT2D eigenvalue weighted by Gasteiger charge is -2.20. The fourth-order valence-electron chi connectivity index (χ4n) is 1.81. The number of amides is 1. The van der Waals surface area contributed by atoms with E-state index in [1.165, 1.54) is 18.2 Å². The minimum absolute atomic E-state index is 0.0198. The second-order valence-corrected chi connectivity index (χ2v) is 4.75. The van der Waals surface area contributed by atoms with Gasteiger partial charge in [0.2, 0.25) is 0 Å². The average Bonchev–Trinajstić information content (AvgIpc) is 2.44. The van der Waals surface area contributed by atoms with E-state index < -0.39 is 4.92 Å². The monoisotopic (exact) mass is 280 g/mol. The Hall–Kier alpha value is -2.15. The van der Waals surface area contributed by atoms with Crippen LogP contribution >= 0.6 is 0 Å². The van der Waals surface area contributed by atoms with Crippen molar-refractivity contribution < 1.29 is 9.72 Å². The van der Waals surface area contributed by atoms with Crippen molar-refractivity contribution in [2.45, 2.75) is 33.2 Å². The molecule has 0 aliphatic heterocycles. The summed E-state index contributed by atoms with van der Waals surface area (Å²) < 4.78 is 0. The molecular weight excluding hydrogens is 260 g/mol. The van der Waals surface area contributed by atoms with Gasteiger partial charge in [0.1, 0.15) is 5.69 Å². The fourth-order valence-corrected chi connectivity index (χ4v) is 1.81. The van der Waals surface area contributed by atoms with Gasteiger partial charge < -0.3 is 10.7 Å². The number of nitro groups is 1. The molecule has 0 saturated carbocycles. The van der Waals surface area contributed by atoms with Crippen molar-refractivity contribution >= 4 is 17.3 Å². The van der Waals surface area contributed by atoms with Gasteiger partial charge in [-0.15, -0.1) is 0 Å². The highest BCUT2D eigenvalue weighted by Gasteiger charge is 2.22. The van der Waals surface area contributed by atoms with E-state index in [-0.39, 0.29) is 28.9 Å². The minimum Gasteiger partial charge on any atom is -0.349 e. The number of carbonyl (C=O) groups excluding carboxylic acids is 1. The Kier molecular flexibility index (Phi) is 5.45. The maximum Gasteiger partial charge on any atom is 0.294 e. The van der Waals surface area contributed by atoms with Crippen molar-refractivity contribution in [1.29, 1.82) is 0 Å². The lowest BCUT2D eigenvalue weighted by Crippen LogP contribution is -2.37. The number of hydrazine groups is 1. The number of para-hydroxylation sites is 1. The summed E-state index contributed by atoms with van der Waals surface area (Å²) >= 11 is 0. The van der Waals surface area contributed by atoms with E-state index in [0.717, 1.165) is 6.42 Å². The molecule has 1 rings (SSSR count). The van der Waals surface area contributed by atoms with Gasteiger partial charge in [0.05, 0.1) is 10.5 Å². The molecule has 7 heteroatoms. The third-order valence-corrected chi connectivity index (χ3v) is 3.48. The molecule has 0 heterocycles. The molecular formula is C13H20N4O3. The Labute approximate surface area is 117 Å². The summed E-state index contributed by atoms with van der Waals surface area (Å²) in [6.45, 7) is 5.97. The number of hydrogen-bond donors (Lipinski definition) is 3. The van der Waals surface area contributed by atoms with Crippen LogP contribution in [0.3, 0.4) is 0 Å². The maximum absolute atomic E-state index is 12.2. The number of hydrogen-bond acceptors (Lipinski definition) is 5. The molecule has 0 saturated heterocycles. The van der Waals surface area contributed by atoms with E-state index in [1.54, 1.807) is 0 Å². The van der Waals surface area contributed by atoms with Gasteiger partial charge >= 0.3 is 0 Å². The molecule has 110 valence electrons. The van der Waals surface area contributed by atoms with Gasteiger partial charge in [-0.1, -0.05) is 26.3 Å². The highest BCUT2D eigenvalue weighted by atomic mass is 16.6. The van der Waals surface area contributed by atoms with Crippen molar-refractivity contribution in [2.24, 2.45) is 11.8 Å². The lowest BCUT2D eigenvalue weighted by atomic mass is 10.0. The number of benzene rings is 1. The maximum atomic E-state index is 12.2. The third-order valence-electron chi connectivity index (χ3n) is 3.48. The summed E-state index contributed by atoms with van der Waals surface area (Å²) in [6.07, 6.45) is 0.929. The molecule has 20 heavy (non-hydrogen) atoms. The van der Waals surface area contributed by atoms with Crippen LogP contribution in [0.4, 0.5) is 11.4 Å². The van der Waals surface area contributed by atoms with E-state index in [2.05, 4.69) is 10.7 Å². The number of nitrogen functional groups attached to an aromatic ring is 1. The van der Waals surface area contributed by atoms with Crippen molar-refractivity contribution in [3.05, 3.63) is 33.9 Å². The molecule has 1 aromatic rings. The van der Waals surface area contributed by atoms with Crippen molar-refractivity contribution in [3.63, 3.8) is 0 Å². The van der Waals surface area contributed by atoms with Crippen LogP contribution < -0.4 is 16.6 Å². The minimum atomic E-state index is -0.579. The van der Waals surface area contributed by atoms with Crippen LogP contribution in [0.5, 0.6) is 0 Å². The van der Waals surface area contributed by atoms with E-state index in [1.807, 2.05) is 20.8 Å². The molecule has 2 unspecified atom stereocenters. The van der Waals surface area contributed by atoms with Crippen LogP contribution in [-0.2, 0) is 0 Å². The van der Waals surface area contributed by atoms with E-state index in [4.69, 9.17) is 5.84 Å². The summed E-state index contributed by atoms with van der Waals surface area (Å²) in [4.78, 5) is 22.5. The summed E-state index contributed by atoms with van der Waals surface area (Å²) in [7, 11) is 0. The van der Waals surface area contributed by atoms with Gasteiger partial charge in [-0.05, 0) is 18.9 Å². The standard InChI is InChI=1S/C13H20N4O3/c1-4-8(2)9(3)15-13(18)10-6-5-7-11(17(19)20)12(10)16-14/h5-9,16H,4,14H2,1-3H3,(H,15,18). The summed E-state index contributed by atoms with van der Waals surface area (Å²) in [6, 6.07) is 4.23. The van der Waals surface area contributed by atoms with Gasteiger partial charge in [0.15, 0.2) is 0 Å². The molecule has 0 spiro atoms. The van der Waals surface area contributed by atoms with Gasteiger partial charge in [-0.3, -0.25) is 20.8 Å². The van der Waals surface area contributed by atoms with Crippen LogP contribution in [-0.4, -0.2) is 16.9 Å². The van der Waals surface area contributed by atoms with E-state index in [9.17, 15) is 14.9 Å². The molecule has 0 bridgehead atoms. The number of nitro benzene ring substituents is 1. The Morgan fingerprint density at radius 3 is 2.60 bits per heavy atom. The molecule has 1 aromatic carbocycles. The van der Waals surface area contributed by atoms with Crippen LogP contribution in [0.1, 0.15) is 37.6 Å². The Bertz CT molecular complexity index is 504. The van der Waals surface area contributed by atoms with Gasteiger partial charge in [-0.25, -0.2) is 0 Å². The normalized spacial score (nSPS) is 13.4. The highest BCUT2D eigenvalue weighted by molar-refractivity contribution is 6.01. The average molecular weight is 280 g/mol. The smallest absolute Gasteiger partial charge is 0.294 e. The zero-order valence-corrected chi connectivity index (χ0v) is 11.8. The Morgan fingerprint density at radius 2 is 2.10 bits per heavy atom. The predicted octanol–water partition coefficient (Wildman–Crippen LogP) is 2.04. The first-order valence-electron chi connectivity index (χ1n) is 6.47. The Balaban J connectivity index is 3.04. The second kappa shape index (κ2) is 6.85. The van der Waals surface area contributed by atoms with Gasteiger partial charge in [0, 0.05) is 12.1 Å². The SMILES string of the molecule is CCC(C)C(C)NC(=O)c1cccc([N+](=O)[O-])c1NN. The van der Waals surface area contributed by atoms with Crippen molar-refractivity contribution in [2.75, 3.05) is 5.43 Å². The molecule has 0 radical (unpaired) electrons. The van der Waals surface area contributed by atoms with Crippen LogP contribution in [0.2, 0.25) is 0 Å². The number of carbonyl (C=O) groups is 1. The number of rotatable bonds is 6. The van der Waals surface area contributed by atoms with Crippen molar-refractivity contribution in [1.82, 2.24) is 5.32 Å². The van der Waals surface area contributed by atoms with Crippen LogP contribution in [0.15, 0.2) is 18.2 Å². The lowest BCUT2D eigenvalue weighted by molar-refractivity contribution is -0.384. The first-order chi connectivity index (χ1) is 9.42. The molecule has 7 nitrogen and oxygen atoms in total. The van der Waals surface area contributed by atoms with Crippen LogP contribution in [0, 0.1) is 16.0 Å². The predicted molar refractivity (Wildman–Crippen MR) is 77.3 cm³/mol. The Morgan fingerprint density at radius 1 is 1.45 bits per heavy atom. The van der Waals surface area contributed by atoms with E-state index in [0.29, 0.717) is 5.92 Å². The first kappa shape index (κ1) is 15.9.